The Morgan fingerprint density at radius 2 is 2.38 bits per heavy atom. The van der Waals surface area contributed by atoms with Gasteiger partial charge in [0.05, 0.1) is 12.2 Å². The summed E-state index contributed by atoms with van der Waals surface area (Å²) in [7, 11) is 0. The minimum Gasteiger partial charge on any atom is -0.350 e. The molecule has 0 atom stereocenters. The molecule has 1 aromatic rings. The highest BCUT2D eigenvalue weighted by molar-refractivity contribution is 5.75. The van der Waals surface area contributed by atoms with Crippen molar-refractivity contribution in [3.63, 3.8) is 0 Å². The fourth-order valence-corrected chi connectivity index (χ4v) is 1.01. The molecule has 1 aromatic heterocycles. The molecule has 0 saturated carbocycles. The Morgan fingerprint density at radius 3 is 3.00 bits per heavy atom. The number of carbonyl (C=O) groups excluding carboxylic acids is 1. The number of aromatic nitrogens is 1. The van der Waals surface area contributed by atoms with E-state index in [0.29, 0.717) is 13.0 Å². The normalized spacial score (nSPS) is 9.69. The molecular formula is C10H14N2O. The second kappa shape index (κ2) is 4.60. The molecule has 0 radical (unpaired) electrons. The number of rotatable bonds is 3. The Kier molecular flexibility index (Phi) is 3.43. The van der Waals surface area contributed by atoms with Gasteiger partial charge in [-0.1, -0.05) is 6.92 Å². The Balaban J connectivity index is 2.50. The van der Waals surface area contributed by atoms with Crippen LogP contribution in [0, 0.1) is 6.92 Å². The van der Waals surface area contributed by atoms with Crippen LogP contribution >= 0.6 is 0 Å². The SMILES string of the molecule is CCC(=O)NCc1cc(C)ccn1. The Labute approximate surface area is 78.2 Å². The quantitative estimate of drug-likeness (QED) is 0.760. The first-order valence-corrected chi connectivity index (χ1v) is 4.40. The highest BCUT2D eigenvalue weighted by Gasteiger charge is 1.97. The Hall–Kier alpha value is -1.38. The second-order valence-corrected chi connectivity index (χ2v) is 2.95. The number of nitrogens with one attached hydrogen (secondary N) is 1. The monoisotopic (exact) mass is 178 g/mol. The van der Waals surface area contributed by atoms with E-state index < -0.39 is 0 Å². The molecule has 70 valence electrons. The highest BCUT2D eigenvalue weighted by Crippen LogP contribution is 1.99. The van der Waals surface area contributed by atoms with E-state index in [4.69, 9.17) is 0 Å². The third kappa shape index (κ3) is 3.23. The average molecular weight is 178 g/mol. The topological polar surface area (TPSA) is 42.0 Å². The van der Waals surface area contributed by atoms with Gasteiger partial charge in [0.1, 0.15) is 0 Å². The van der Waals surface area contributed by atoms with Crippen molar-refractivity contribution < 1.29 is 4.79 Å². The third-order valence-corrected chi connectivity index (χ3v) is 1.76. The van der Waals surface area contributed by atoms with Crippen molar-refractivity contribution in [2.24, 2.45) is 0 Å². The number of hydrogen-bond acceptors (Lipinski definition) is 2. The summed E-state index contributed by atoms with van der Waals surface area (Å²) < 4.78 is 0. The average Bonchev–Trinajstić information content (AvgIpc) is 2.14. The van der Waals surface area contributed by atoms with Gasteiger partial charge in [-0.05, 0) is 24.6 Å². The van der Waals surface area contributed by atoms with Crippen molar-refractivity contribution in [3.05, 3.63) is 29.6 Å². The third-order valence-electron chi connectivity index (χ3n) is 1.76. The van der Waals surface area contributed by atoms with Gasteiger partial charge in [-0.2, -0.15) is 0 Å². The Bertz CT molecular complexity index is 297. The van der Waals surface area contributed by atoms with Gasteiger partial charge in [0.2, 0.25) is 5.91 Å². The van der Waals surface area contributed by atoms with Crippen LogP contribution in [0.4, 0.5) is 0 Å². The van der Waals surface area contributed by atoms with Crippen LogP contribution in [0.3, 0.4) is 0 Å². The van der Waals surface area contributed by atoms with Crippen LogP contribution in [0.2, 0.25) is 0 Å². The number of carbonyl (C=O) groups is 1. The van der Waals surface area contributed by atoms with E-state index in [1.807, 2.05) is 26.0 Å². The van der Waals surface area contributed by atoms with Gasteiger partial charge < -0.3 is 5.32 Å². The van der Waals surface area contributed by atoms with Crippen molar-refractivity contribution in [2.45, 2.75) is 26.8 Å². The van der Waals surface area contributed by atoms with Crippen molar-refractivity contribution in [1.82, 2.24) is 10.3 Å². The molecule has 1 heterocycles. The first-order chi connectivity index (χ1) is 6.22. The molecule has 0 aliphatic rings. The molecular weight excluding hydrogens is 164 g/mol. The maximum atomic E-state index is 10.9. The first kappa shape index (κ1) is 9.71. The van der Waals surface area contributed by atoms with E-state index in [1.165, 1.54) is 0 Å². The summed E-state index contributed by atoms with van der Waals surface area (Å²) in [5.41, 5.74) is 2.07. The zero-order valence-corrected chi connectivity index (χ0v) is 8.00. The van der Waals surface area contributed by atoms with E-state index in [9.17, 15) is 4.79 Å². The van der Waals surface area contributed by atoms with E-state index in [1.54, 1.807) is 6.20 Å². The van der Waals surface area contributed by atoms with Gasteiger partial charge in [0.15, 0.2) is 0 Å². The molecule has 1 amide bonds. The molecule has 0 spiro atoms. The maximum Gasteiger partial charge on any atom is 0.220 e. The standard InChI is InChI=1S/C10H14N2O/c1-3-10(13)12-7-9-6-8(2)4-5-11-9/h4-6H,3,7H2,1-2H3,(H,12,13). The van der Waals surface area contributed by atoms with Crippen LogP contribution in [-0.4, -0.2) is 10.9 Å². The minimum atomic E-state index is 0.0586. The van der Waals surface area contributed by atoms with Crippen molar-refractivity contribution in [2.75, 3.05) is 0 Å². The van der Waals surface area contributed by atoms with Crippen LogP contribution in [0.15, 0.2) is 18.3 Å². The fourth-order valence-electron chi connectivity index (χ4n) is 1.01. The second-order valence-electron chi connectivity index (χ2n) is 2.95. The molecule has 13 heavy (non-hydrogen) atoms. The molecule has 0 fully saturated rings. The summed E-state index contributed by atoms with van der Waals surface area (Å²) >= 11 is 0. The van der Waals surface area contributed by atoms with Crippen LogP contribution in [0.25, 0.3) is 0 Å². The minimum absolute atomic E-state index is 0.0586. The van der Waals surface area contributed by atoms with Crippen LogP contribution in [0.1, 0.15) is 24.6 Å². The number of amides is 1. The molecule has 0 unspecified atom stereocenters. The van der Waals surface area contributed by atoms with Gasteiger partial charge in [-0.25, -0.2) is 0 Å². The van der Waals surface area contributed by atoms with E-state index in [-0.39, 0.29) is 5.91 Å². The molecule has 3 nitrogen and oxygen atoms in total. The van der Waals surface area contributed by atoms with Crippen LogP contribution < -0.4 is 5.32 Å². The lowest BCUT2D eigenvalue weighted by molar-refractivity contribution is -0.120. The summed E-state index contributed by atoms with van der Waals surface area (Å²) in [6, 6.07) is 3.90. The summed E-state index contributed by atoms with van der Waals surface area (Å²) in [5, 5.41) is 2.77. The van der Waals surface area contributed by atoms with Crippen molar-refractivity contribution >= 4 is 5.91 Å². The van der Waals surface area contributed by atoms with Gasteiger partial charge in [-0.15, -0.1) is 0 Å². The molecule has 0 aromatic carbocycles. The van der Waals surface area contributed by atoms with E-state index in [2.05, 4.69) is 10.3 Å². The number of nitrogens with zero attached hydrogens (tertiary/aromatic N) is 1. The predicted molar refractivity (Wildman–Crippen MR) is 51.1 cm³/mol. The lowest BCUT2D eigenvalue weighted by Crippen LogP contribution is -2.21. The largest absolute Gasteiger partial charge is 0.350 e. The smallest absolute Gasteiger partial charge is 0.220 e. The maximum absolute atomic E-state index is 10.9. The number of hydrogen-bond donors (Lipinski definition) is 1. The fraction of sp³-hybridized carbons (Fsp3) is 0.400. The molecule has 1 rings (SSSR count). The molecule has 0 aliphatic carbocycles. The zero-order chi connectivity index (χ0) is 9.68. The summed E-state index contributed by atoms with van der Waals surface area (Å²) in [6.07, 6.45) is 2.27. The number of aryl methyl sites for hydroxylation is 1. The summed E-state index contributed by atoms with van der Waals surface area (Å²) in [6.45, 7) is 4.36. The highest BCUT2D eigenvalue weighted by atomic mass is 16.1. The predicted octanol–water partition coefficient (Wildman–Crippen LogP) is 1.42. The molecule has 3 heteroatoms. The number of pyridine rings is 1. The van der Waals surface area contributed by atoms with Gasteiger partial charge in [-0.3, -0.25) is 9.78 Å². The molecule has 0 bridgehead atoms. The first-order valence-electron chi connectivity index (χ1n) is 4.40. The summed E-state index contributed by atoms with van der Waals surface area (Å²) in [4.78, 5) is 15.1. The summed E-state index contributed by atoms with van der Waals surface area (Å²) in [5.74, 6) is 0.0586. The van der Waals surface area contributed by atoms with E-state index in [0.717, 1.165) is 11.3 Å². The van der Waals surface area contributed by atoms with Crippen molar-refractivity contribution in [1.29, 1.82) is 0 Å². The lowest BCUT2D eigenvalue weighted by atomic mass is 10.2. The van der Waals surface area contributed by atoms with Gasteiger partial charge in [0, 0.05) is 12.6 Å². The van der Waals surface area contributed by atoms with Gasteiger partial charge in [0.25, 0.3) is 0 Å². The van der Waals surface area contributed by atoms with Crippen LogP contribution in [0.5, 0.6) is 0 Å². The lowest BCUT2D eigenvalue weighted by Gasteiger charge is -2.02. The zero-order valence-electron chi connectivity index (χ0n) is 8.00. The van der Waals surface area contributed by atoms with Crippen LogP contribution in [-0.2, 0) is 11.3 Å². The van der Waals surface area contributed by atoms with Gasteiger partial charge >= 0.3 is 0 Å². The van der Waals surface area contributed by atoms with Crippen molar-refractivity contribution in [3.8, 4) is 0 Å². The van der Waals surface area contributed by atoms with E-state index >= 15 is 0 Å². The Morgan fingerprint density at radius 1 is 1.62 bits per heavy atom. The molecule has 0 saturated heterocycles. The molecule has 1 N–H and O–H groups in total. The molecule has 0 aliphatic heterocycles.